The summed E-state index contributed by atoms with van der Waals surface area (Å²) in [5, 5.41) is -0.454. The van der Waals surface area contributed by atoms with Gasteiger partial charge in [0.15, 0.2) is 0 Å². The molecule has 3 heteroatoms. The van der Waals surface area contributed by atoms with Gasteiger partial charge in [0.05, 0.1) is 5.38 Å². The molecule has 0 N–H and O–H groups in total. The Bertz CT molecular complexity index is 225. The third-order valence-electron chi connectivity index (χ3n) is 1.28. The first-order valence-electron chi connectivity index (χ1n) is 3.32. The molecule has 0 aliphatic carbocycles. The summed E-state index contributed by atoms with van der Waals surface area (Å²) in [6.45, 7) is 0. The number of nitrogens with zero attached hydrogens (tertiary/aromatic N) is 1. The van der Waals surface area contributed by atoms with Gasteiger partial charge in [-0.05, 0) is 12.1 Å². The van der Waals surface area contributed by atoms with Crippen LogP contribution in [0.4, 0.5) is 0 Å². The highest BCUT2D eigenvalue weighted by Gasteiger charge is 2.03. The predicted octanol–water partition coefficient (Wildman–Crippen LogP) is 1.43. The van der Waals surface area contributed by atoms with Gasteiger partial charge in [-0.25, -0.2) is 0 Å². The summed E-state index contributed by atoms with van der Waals surface area (Å²) in [7, 11) is 0. The fourth-order valence-corrected chi connectivity index (χ4v) is 0.925. The number of aromatic nitrogens is 1. The van der Waals surface area contributed by atoms with Crippen molar-refractivity contribution in [2.24, 2.45) is 0 Å². The lowest BCUT2D eigenvalue weighted by atomic mass is 10.2. The maximum Gasteiger partial charge on any atom is 0.138 e. The molecule has 0 aromatic carbocycles. The molecule has 0 fully saturated rings. The van der Waals surface area contributed by atoms with Crippen molar-refractivity contribution in [2.45, 2.75) is 11.8 Å². The molecular weight excluding hydrogens is 162 g/mol. The molecule has 0 bridgehead atoms. The molecule has 1 rings (SSSR count). The molecule has 0 amide bonds. The molecule has 1 unspecified atom stereocenters. The highest BCUT2D eigenvalue weighted by molar-refractivity contribution is 6.27. The maximum absolute atomic E-state index is 10.1. The number of carbonyl (C=O) groups excluding carboxylic acids is 1. The van der Waals surface area contributed by atoms with Gasteiger partial charge in [0, 0.05) is 18.3 Å². The predicted molar refractivity (Wildman–Crippen MR) is 43.6 cm³/mol. The van der Waals surface area contributed by atoms with E-state index in [2.05, 4.69) is 4.98 Å². The number of alkyl halides is 1. The van der Waals surface area contributed by atoms with E-state index in [9.17, 15) is 4.79 Å². The summed E-state index contributed by atoms with van der Waals surface area (Å²) in [6.07, 6.45) is 2.91. The monoisotopic (exact) mass is 169 g/mol. The molecule has 0 aliphatic heterocycles. The second-order valence-electron chi connectivity index (χ2n) is 2.18. The zero-order chi connectivity index (χ0) is 8.10. The lowest BCUT2D eigenvalue weighted by Crippen LogP contribution is -2.05. The Morgan fingerprint density at radius 1 is 1.64 bits per heavy atom. The number of pyridine rings is 1. The summed E-state index contributed by atoms with van der Waals surface area (Å²) in [6, 6.07) is 5.54. The molecule has 1 heterocycles. The van der Waals surface area contributed by atoms with Crippen LogP contribution in [0.5, 0.6) is 0 Å². The molecule has 0 saturated carbocycles. The second kappa shape index (κ2) is 4.09. The Hall–Kier alpha value is -0.890. The van der Waals surface area contributed by atoms with Crippen LogP contribution >= 0.6 is 11.6 Å². The third kappa shape index (κ3) is 2.68. The topological polar surface area (TPSA) is 30.0 Å². The van der Waals surface area contributed by atoms with Crippen molar-refractivity contribution in [3.63, 3.8) is 0 Å². The zero-order valence-electron chi connectivity index (χ0n) is 5.90. The van der Waals surface area contributed by atoms with Crippen LogP contribution in [0.25, 0.3) is 0 Å². The fourth-order valence-electron chi connectivity index (χ4n) is 0.767. The van der Waals surface area contributed by atoms with Crippen LogP contribution in [0, 0.1) is 0 Å². The molecule has 0 spiro atoms. The smallest absolute Gasteiger partial charge is 0.138 e. The highest BCUT2D eigenvalue weighted by atomic mass is 35.5. The average Bonchev–Trinajstić information content (AvgIpc) is 2.06. The first-order valence-corrected chi connectivity index (χ1v) is 3.76. The summed E-state index contributed by atoms with van der Waals surface area (Å²) in [5.74, 6) is 0. The van der Waals surface area contributed by atoms with Gasteiger partial charge in [0.1, 0.15) is 6.29 Å². The Kier molecular flexibility index (Phi) is 3.05. The number of carbonyl (C=O) groups is 1. The lowest BCUT2D eigenvalue weighted by Gasteiger charge is -1.98. The summed E-state index contributed by atoms with van der Waals surface area (Å²) < 4.78 is 0. The third-order valence-corrected chi connectivity index (χ3v) is 1.54. The molecule has 1 aromatic rings. The molecule has 2 nitrogen and oxygen atoms in total. The van der Waals surface area contributed by atoms with Crippen molar-refractivity contribution in [3.8, 4) is 0 Å². The molecule has 0 aliphatic rings. The maximum atomic E-state index is 10.1. The number of aldehydes is 1. The van der Waals surface area contributed by atoms with Crippen LogP contribution in [-0.2, 0) is 11.2 Å². The minimum atomic E-state index is -0.454. The van der Waals surface area contributed by atoms with Crippen LogP contribution in [0.3, 0.4) is 0 Å². The quantitative estimate of drug-likeness (QED) is 0.506. The summed E-state index contributed by atoms with van der Waals surface area (Å²) in [4.78, 5) is 14.2. The van der Waals surface area contributed by atoms with E-state index >= 15 is 0 Å². The number of hydrogen-bond donors (Lipinski definition) is 0. The molecule has 0 saturated heterocycles. The van der Waals surface area contributed by atoms with Crippen molar-refractivity contribution >= 4 is 17.9 Å². The molecule has 11 heavy (non-hydrogen) atoms. The van der Waals surface area contributed by atoms with Crippen LogP contribution in [0.2, 0.25) is 0 Å². The molecule has 0 radical (unpaired) electrons. The van der Waals surface area contributed by atoms with Crippen molar-refractivity contribution in [1.29, 1.82) is 0 Å². The molecule has 58 valence electrons. The standard InChI is InChI=1S/C8H8ClNO/c9-7(6-11)5-8-3-1-2-4-10-8/h1-4,6-7H,5H2. The van der Waals surface area contributed by atoms with Crippen molar-refractivity contribution in [1.82, 2.24) is 4.98 Å². The van der Waals surface area contributed by atoms with Gasteiger partial charge >= 0.3 is 0 Å². The number of rotatable bonds is 3. The Morgan fingerprint density at radius 2 is 2.45 bits per heavy atom. The van der Waals surface area contributed by atoms with Crippen LogP contribution in [-0.4, -0.2) is 16.6 Å². The largest absolute Gasteiger partial charge is 0.302 e. The van der Waals surface area contributed by atoms with Gasteiger partial charge in [-0.2, -0.15) is 0 Å². The fraction of sp³-hybridized carbons (Fsp3) is 0.250. The second-order valence-corrected chi connectivity index (χ2v) is 2.74. The molecule has 1 aromatic heterocycles. The minimum Gasteiger partial charge on any atom is -0.302 e. The van der Waals surface area contributed by atoms with E-state index in [-0.39, 0.29) is 0 Å². The van der Waals surface area contributed by atoms with Gasteiger partial charge in [-0.15, -0.1) is 11.6 Å². The van der Waals surface area contributed by atoms with Gasteiger partial charge in [-0.1, -0.05) is 6.07 Å². The van der Waals surface area contributed by atoms with Crippen molar-refractivity contribution in [3.05, 3.63) is 30.1 Å². The van der Waals surface area contributed by atoms with Crippen LogP contribution < -0.4 is 0 Å². The van der Waals surface area contributed by atoms with Crippen LogP contribution in [0.1, 0.15) is 5.69 Å². The molecular formula is C8H8ClNO. The van der Waals surface area contributed by atoms with E-state index in [1.807, 2.05) is 18.2 Å². The first-order chi connectivity index (χ1) is 5.33. The van der Waals surface area contributed by atoms with Crippen molar-refractivity contribution in [2.75, 3.05) is 0 Å². The lowest BCUT2D eigenvalue weighted by molar-refractivity contribution is -0.107. The van der Waals surface area contributed by atoms with E-state index in [4.69, 9.17) is 11.6 Å². The highest BCUT2D eigenvalue weighted by Crippen LogP contribution is 2.02. The Morgan fingerprint density at radius 3 is 3.00 bits per heavy atom. The van der Waals surface area contributed by atoms with E-state index < -0.39 is 5.38 Å². The van der Waals surface area contributed by atoms with E-state index in [0.717, 1.165) is 12.0 Å². The zero-order valence-corrected chi connectivity index (χ0v) is 6.66. The number of halogens is 1. The Labute approximate surface area is 70.2 Å². The minimum absolute atomic E-state index is 0.454. The summed E-state index contributed by atoms with van der Waals surface area (Å²) >= 11 is 5.59. The SMILES string of the molecule is O=CC(Cl)Cc1ccccn1. The van der Waals surface area contributed by atoms with E-state index in [1.165, 1.54) is 0 Å². The molecule has 1 atom stereocenters. The Balaban J connectivity index is 2.57. The van der Waals surface area contributed by atoms with E-state index in [0.29, 0.717) is 6.42 Å². The summed E-state index contributed by atoms with van der Waals surface area (Å²) in [5.41, 5.74) is 0.847. The van der Waals surface area contributed by atoms with Gasteiger partial charge in [0.2, 0.25) is 0 Å². The van der Waals surface area contributed by atoms with Gasteiger partial charge in [-0.3, -0.25) is 4.98 Å². The number of hydrogen-bond acceptors (Lipinski definition) is 2. The van der Waals surface area contributed by atoms with E-state index in [1.54, 1.807) is 6.20 Å². The average molecular weight is 170 g/mol. The first kappa shape index (κ1) is 8.21. The normalized spacial score (nSPS) is 12.5. The van der Waals surface area contributed by atoms with Crippen molar-refractivity contribution < 1.29 is 4.79 Å². The van der Waals surface area contributed by atoms with Gasteiger partial charge in [0.25, 0.3) is 0 Å². The van der Waals surface area contributed by atoms with Gasteiger partial charge < -0.3 is 4.79 Å². The van der Waals surface area contributed by atoms with Crippen LogP contribution in [0.15, 0.2) is 24.4 Å².